The van der Waals surface area contributed by atoms with E-state index < -0.39 is 10.3 Å². The van der Waals surface area contributed by atoms with E-state index in [1.54, 1.807) is 12.1 Å². The fourth-order valence-corrected chi connectivity index (χ4v) is 3.95. The Balaban J connectivity index is 1.86. The van der Waals surface area contributed by atoms with Crippen molar-refractivity contribution in [2.45, 2.75) is 0 Å². The monoisotopic (exact) mass is 426 g/mol. The largest absolute Gasteiger partial charge is 0.373 e. The van der Waals surface area contributed by atoms with Gasteiger partial charge in [0, 0.05) is 21.5 Å². The Kier molecular flexibility index (Phi) is 4.76. The standard InChI is InChI=1S/C21H15ClN2O4S/c22-20-7-3-6-16-15-4-1-2-5-17(15)19(12-18(16)20)21(25)13-8-10-14(11-9-13)24(23)29(26,27)28/h1-12H,23H2,(H,26,27,28). The average molecular weight is 427 g/mol. The zero-order chi connectivity index (χ0) is 20.8. The van der Waals surface area contributed by atoms with Crippen molar-refractivity contribution in [1.29, 1.82) is 0 Å². The van der Waals surface area contributed by atoms with Crippen LogP contribution in [-0.4, -0.2) is 18.8 Å². The number of nitrogens with two attached hydrogens (primary N) is 1. The summed E-state index contributed by atoms with van der Waals surface area (Å²) < 4.78 is 31.6. The van der Waals surface area contributed by atoms with Crippen LogP contribution in [0, 0.1) is 0 Å². The van der Waals surface area contributed by atoms with Crippen LogP contribution in [0.1, 0.15) is 15.9 Å². The Hall–Kier alpha value is -2.97. The molecule has 0 saturated heterocycles. The summed E-state index contributed by atoms with van der Waals surface area (Å²) in [7, 11) is -4.59. The number of halogens is 1. The maximum absolute atomic E-state index is 13.2. The molecule has 0 spiro atoms. The molecule has 0 aliphatic carbocycles. The normalized spacial score (nSPS) is 11.7. The molecule has 4 rings (SSSR count). The van der Waals surface area contributed by atoms with Gasteiger partial charge in [-0.05, 0) is 52.6 Å². The minimum atomic E-state index is -4.59. The first kappa shape index (κ1) is 19.4. The highest BCUT2D eigenvalue weighted by atomic mass is 35.5. The number of carbonyl (C=O) groups excluding carboxylic acids is 1. The van der Waals surface area contributed by atoms with Crippen molar-refractivity contribution in [2.75, 3.05) is 4.41 Å². The van der Waals surface area contributed by atoms with Gasteiger partial charge in [-0.1, -0.05) is 48.0 Å². The number of rotatable bonds is 4. The van der Waals surface area contributed by atoms with Crippen molar-refractivity contribution in [3.05, 3.63) is 88.9 Å². The van der Waals surface area contributed by atoms with Crippen LogP contribution in [0.3, 0.4) is 0 Å². The first-order valence-corrected chi connectivity index (χ1v) is 10.3. The maximum Gasteiger partial charge on any atom is 0.373 e. The molecule has 0 heterocycles. The van der Waals surface area contributed by atoms with Gasteiger partial charge in [0.05, 0.1) is 5.69 Å². The van der Waals surface area contributed by atoms with Crippen molar-refractivity contribution < 1.29 is 17.8 Å². The van der Waals surface area contributed by atoms with Crippen LogP contribution in [0.25, 0.3) is 21.5 Å². The molecule has 0 amide bonds. The molecule has 0 aliphatic heterocycles. The molecular weight excluding hydrogens is 412 g/mol. The fourth-order valence-electron chi connectivity index (χ4n) is 3.33. The zero-order valence-electron chi connectivity index (χ0n) is 14.9. The Labute approximate surface area is 172 Å². The lowest BCUT2D eigenvalue weighted by atomic mass is 9.93. The summed E-state index contributed by atoms with van der Waals surface area (Å²) in [6, 6.07) is 20.5. The van der Waals surface area contributed by atoms with E-state index in [1.807, 2.05) is 36.4 Å². The summed E-state index contributed by atoms with van der Waals surface area (Å²) in [5.41, 5.74) is 0.845. The van der Waals surface area contributed by atoms with Crippen molar-refractivity contribution in [3.63, 3.8) is 0 Å². The summed E-state index contributed by atoms with van der Waals surface area (Å²) in [5, 5.41) is 3.96. The topological polar surface area (TPSA) is 101 Å². The second kappa shape index (κ2) is 7.13. The van der Waals surface area contributed by atoms with Gasteiger partial charge in [-0.25, -0.2) is 5.84 Å². The predicted molar refractivity (Wildman–Crippen MR) is 115 cm³/mol. The molecule has 0 aliphatic rings. The van der Waals surface area contributed by atoms with Gasteiger partial charge >= 0.3 is 10.3 Å². The lowest BCUT2D eigenvalue weighted by Crippen LogP contribution is -2.36. The van der Waals surface area contributed by atoms with E-state index in [9.17, 15) is 13.2 Å². The summed E-state index contributed by atoms with van der Waals surface area (Å²) in [6.45, 7) is 0. The average Bonchev–Trinajstić information content (AvgIpc) is 2.72. The SMILES string of the molecule is NN(c1ccc(C(=O)c2cc3c(Cl)cccc3c3ccccc23)cc1)S(=O)(=O)O. The summed E-state index contributed by atoms with van der Waals surface area (Å²) in [6.07, 6.45) is 0. The molecular formula is C21H15ClN2O4S. The van der Waals surface area contributed by atoms with Crippen molar-refractivity contribution in [3.8, 4) is 0 Å². The molecule has 4 aromatic carbocycles. The second-order valence-corrected chi connectivity index (χ2v) is 8.15. The van der Waals surface area contributed by atoms with Gasteiger partial charge in [0.25, 0.3) is 0 Å². The first-order chi connectivity index (χ1) is 13.8. The van der Waals surface area contributed by atoms with E-state index >= 15 is 0 Å². The van der Waals surface area contributed by atoms with E-state index in [0.717, 1.165) is 21.5 Å². The Morgan fingerprint density at radius 1 is 0.862 bits per heavy atom. The Bertz CT molecular complexity index is 1370. The maximum atomic E-state index is 13.2. The number of carbonyl (C=O) groups is 1. The van der Waals surface area contributed by atoms with Crippen molar-refractivity contribution >= 4 is 54.9 Å². The molecule has 4 aromatic rings. The number of hydrogen-bond acceptors (Lipinski definition) is 4. The second-order valence-electron chi connectivity index (χ2n) is 6.45. The van der Waals surface area contributed by atoms with Crippen LogP contribution in [-0.2, 0) is 10.3 Å². The molecule has 0 aromatic heterocycles. The van der Waals surface area contributed by atoms with Crippen molar-refractivity contribution in [2.24, 2.45) is 5.84 Å². The number of hydrazine groups is 1. The van der Waals surface area contributed by atoms with Gasteiger partial charge < -0.3 is 0 Å². The molecule has 0 bridgehead atoms. The van der Waals surface area contributed by atoms with Gasteiger partial charge in [-0.2, -0.15) is 12.8 Å². The smallest absolute Gasteiger partial charge is 0.289 e. The predicted octanol–water partition coefficient (Wildman–Crippen LogP) is 4.36. The molecule has 0 fully saturated rings. The van der Waals surface area contributed by atoms with E-state index in [4.69, 9.17) is 22.0 Å². The summed E-state index contributed by atoms with van der Waals surface area (Å²) in [5.74, 6) is 5.11. The van der Waals surface area contributed by atoms with Crippen molar-refractivity contribution in [1.82, 2.24) is 0 Å². The number of anilines is 1. The third kappa shape index (κ3) is 3.45. The van der Waals surface area contributed by atoms with E-state index in [1.165, 1.54) is 24.3 Å². The van der Waals surface area contributed by atoms with Crippen LogP contribution >= 0.6 is 11.6 Å². The van der Waals surface area contributed by atoms with Crippen LogP contribution in [0.15, 0.2) is 72.8 Å². The molecule has 0 unspecified atom stereocenters. The highest BCUT2D eigenvalue weighted by Crippen LogP contribution is 2.33. The lowest BCUT2D eigenvalue weighted by Gasteiger charge is -2.15. The van der Waals surface area contributed by atoms with Gasteiger partial charge in [-0.3, -0.25) is 9.35 Å². The number of fused-ring (bicyclic) bond motifs is 3. The zero-order valence-corrected chi connectivity index (χ0v) is 16.5. The van der Waals surface area contributed by atoms with E-state index in [0.29, 0.717) is 16.1 Å². The third-order valence-corrected chi connectivity index (χ3v) is 5.76. The molecule has 29 heavy (non-hydrogen) atoms. The molecule has 146 valence electrons. The Morgan fingerprint density at radius 3 is 2.10 bits per heavy atom. The van der Waals surface area contributed by atoms with Gasteiger partial charge in [-0.15, -0.1) is 0 Å². The summed E-state index contributed by atoms with van der Waals surface area (Å²) in [4.78, 5) is 13.2. The summed E-state index contributed by atoms with van der Waals surface area (Å²) >= 11 is 6.37. The lowest BCUT2D eigenvalue weighted by molar-refractivity contribution is 0.104. The highest BCUT2D eigenvalue weighted by molar-refractivity contribution is 7.87. The highest BCUT2D eigenvalue weighted by Gasteiger charge is 2.18. The number of hydrogen-bond donors (Lipinski definition) is 2. The molecule has 0 saturated carbocycles. The van der Waals surface area contributed by atoms with Crippen LogP contribution in [0.4, 0.5) is 5.69 Å². The van der Waals surface area contributed by atoms with E-state index in [-0.39, 0.29) is 15.9 Å². The third-order valence-electron chi connectivity index (χ3n) is 4.73. The molecule has 6 nitrogen and oxygen atoms in total. The fraction of sp³-hybridized carbons (Fsp3) is 0. The Morgan fingerprint density at radius 2 is 1.45 bits per heavy atom. The molecule has 0 atom stereocenters. The minimum absolute atomic E-state index is 0.0236. The number of ketones is 1. The van der Waals surface area contributed by atoms with Crippen LogP contribution < -0.4 is 10.3 Å². The first-order valence-electron chi connectivity index (χ1n) is 8.54. The van der Waals surface area contributed by atoms with Gasteiger partial charge in [0.15, 0.2) is 5.78 Å². The quantitative estimate of drug-likeness (QED) is 0.166. The van der Waals surface area contributed by atoms with Gasteiger partial charge in [0.2, 0.25) is 0 Å². The minimum Gasteiger partial charge on any atom is -0.289 e. The molecule has 8 heteroatoms. The van der Waals surface area contributed by atoms with Crippen LogP contribution in [0.5, 0.6) is 0 Å². The molecule has 3 N–H and O–H groups in total. The van der Waals surface area contributed by atoms with Crippen LogP contribution in [0.2, 0.25) is 5.02 Å². The molecule has 0 radical (unpaired) electrons. The van der Waals surface area contributed by atoms with Gasteiger partial charge in [0.1, 0.15) is 0 Å². The number of nitrogens with zero attached hydrogens (tertiary/aromatic N) is 1. The van der Waals surface area contributed by atoms with E-state index in [2.05, 4.69) is 0 Å². The number of benzene rings is 4.